The fourth-order valence-electron chi connectivity index (χ4n) is 2.79. The van der Waals surface area contributed by atoms with Crippen molar-refractivity contribution in [2.75, 3.05) is 25.6 Å². The van der Waals surface area contributed by atoms with E-state index in [1.54, 1.807) is 19.5 Å². The molecule has 1 aliphatic heterocycles. The lowest BCUT2D eigenvalue weighted by molar-refractivity contribution is 0.0630. The molecule has 1 fully saturated rings. The van der Waals surface area contributed by atoms with Crippen LogP contribution >= 0.6 is 0 Å². The van der Waals surface area contributed by atoms with E-state index in [0.29, 0.717) is 18.1 Å². The first-order valence-electron chi connectivity index (χ1n) is 7.72. The molecule has 1 aliphatic rings. The van der Waals surface area contributed by atoms with Gasteiger partial charge in [-0.1, -0.05) is 18.2 Å². The third-order valence-corrected chi connectivity index (χ3v) is 3.93. The summed E-state index contributed by atoms with van der Waals surface area (Å²) in [6.07, 6.45) is 5.13. The Labute approximate surface area is 135 Å². The van der Waals surface area contributed by atoms with Gasteiger partial charge in [0.05, 0.1) is 18.2 Å². The Kier molecular flexibility index (Phi) is 4.83. The lowest BCUT2D eigenvalue weighted by Crippen LogP contribution is -2.38. The normalized spacial score (nSPS) is 17.3. The number of rotatable bonds is 5. The topological polar surface area (TPSA) is 67.3 Å². The molecule has 120 valence electrons. The number of methoxy groups -OCH3 is 1. The minimum atomic E-state index is -0.0317. The van der Waals surface area contributed by atoms with E-state index in [0.717, 1.165) is 25.1 Å². The number of nitrogens with zero attached hydrogens (tertiary/aromatic N) is 3. The number of hydrogen-bond acceptors (Lipinski definition) is 5. The van der Waals surface area contributed by atoms with Crippen LogP contribution in [0.2, 0.25) is 0 Å². The van der Waals surface area contributed by atoms with Gasteiger partial charge in [0.25, 0.3) is 5.91 Å². The van der Waals surface area contributed by atoms with Gasteiger partial charge < -0.3 is 15.0 Å². The number of benzene rings is 1. The molecule has 3 rings (SSSR count). The maximum Gasteiger partial charge on any atom is 0.257 e. The Morgan fingerprint density at radius 3 is 2.74 bits per heavy atom. The van der Waals surface area contributed by atoms with Crippen LogP contribution in [-0.2, 0) is 4.74 Å². The average Bonchev–Trinajstić information content (AvgIpc) is 3.04. The highest BCUT2D eigenvalue weighted by atomic mass is 16.5. The lowest BCUT2D eigenvalue weighted by atomic mass is 10.2. The standard InChI is InChI=1S/C17H20N4O2/c1-23-12-15-8-5-9-21(15)16(22)13-10-18-17(19-11-13)20-14-6-3-2-4-7-14/h2-4,6-7,10-11,15H,5,8-9,12H2,1H3,(H,18,19,20)/t15-/m0/s1. The maximum absolute atomic E-state index is 12.6. The van der Waals surface area contributed by atoms with Crippen LogP contribution in [0.25, 0.3) is 0 Å². The number of carbonyl (C=O) groups is 1. The van der Waals surface area contributed by atoms with Gasteiger partial charge >= 0.3 is 0 Å². The molecule has 1 saturated heterocycles. The number of hydrogen-bond donors (Lipinski definition) is 1. The molecule has 0 unspecified atom stereocenters. The van der Waals surface area contributed by atoms with Crippen LogP contribution in [-0.4, -0.2) is 47.1 Å². The molecule has 0 spiro atoms. The fraction of sp³-hybridized carbons (Fsp3) is 0.353. The van der Waals surface area contributed by atoms with E-state index in [1.807, 2.05) is 35.2 Å². The highest BCUT2D eigenvalue weighted by molar-refractivity contribution is 5.94. The van der Waals surface area contributed by atoms with Gasteiger partial charge in [0.15, 0.2) is 0 Å². The largest absolute Gasteiger partial charge is 0.383 e. The van der Waals surface area contributed by atoms with Crippen LogP contribution in [0.3, 0.4) is 0 Å². The van der Waals surface area contributed by atoms with Crippen molar-refractivity contribution in [3.05, 3.63) is 48.3 Å². The number of para-hydroxylation sites is 1. The van der Waals surface area contributed by atoms with Gasteiger partial charge in [-0.05, 0) is 25.0 Å². The molecule has 1 N–H and O–H groups in total. The molecule has 0 saturated carbocycles. The van der Waals surface area contributed by atoms with Crippen molar-refractivity contribution < 1.29 is 9.53 Å². The van der Waals surface area contributed by atoms with Gasteiger partial charge in [0, 0.05) is 31.7 Å². The molecular formula is C17H20N4O2. The minimum absolute atomic E-state index is 0.0317. The molecule has 1 aromatic heterocycles. The summed E-state index contributed by atoms with van der Waals surface area (Å²) in [6, 6.07) is 9.83. The Morgan fingerprint density at radius 2 is 2.04 bits per heavy atom. The Hall–Kier alpha value is -2.47. The Balaban J connectivity index is 1.68. The molecule has 23 heavy (non-hydrogen) atoms. The highest BCUT2D eigenvalue weighted by Crippen LogP contribution is 2.20. The lowest BCUT2D eigenvalue weighted by Gasteiger charge is -2.23. The molecule has 1 atom stereocenters. The van der Waals surface area contributed by atoms with E-state index >= 15 is 0 Å². The van der Waals surface area contributed by atoms with Gasteiger partial charge in [-0.2, -0.15) is 0 Å². The molecule has 6 nitrogen and oxygen atoms in total. The summed E-state index contributed by atoms with van der Waals surface area (Å²) in [6.45, 7) is 1.33. The average molecular weight is 312 g/mol. The monoisotopic (exact) mass is 312 g/mol. The third-order valence-electron chi connectivity index (χ3n) is 3.93. The number of ether oxygens (including phenoxy) is 1. The Bertz CT molecular complexity index is 645. The SMILES string of the molecule is COC[C@@H]1CCCN1C(=O)c1cnc(Nc2ccccc2)nc1. The van der Waals surface area contributed by atoms with Gasteiger partial charge in [-0.3, -0.25) is 4.79 Å². The van der Waals surface area contributed by atoms with E-state index < -0.39 is 0 Å². The van der Waals surface area contributed by atoms with E-state index in [4.69, 9.17) is 4.74 Å². The van der Waals surface area contributed by atoms with Crippen LogP contribution < -0.4 is 5.32 Å². The third kappa shape index (κ3) is 3.65. The molecule has 0 aliphatic carbocycles. The molecule has 2 heterocycles. The summed E-state index contributed by atoms with van der Waals surface area (Å²) in [4.78, 5) is 22.9. The van der Waals surface area contributed by atoms with Crippen molar-refractivity contribution >= 4 is 17.5 Å². The van der Waals surface area contributed by atoms with Gasteiger partial charge in [0.2, 0.25) is 5.95 Å². The maximum atomic E-state index is 12.6. The quantitative estimate of drug-likeness (QED) is 0.918. The van der Waals surface area contributed by atoms with Crippen LogP contribution in [0.1, 0.15) is 23.2 Å². The van der Waals surface area contributed by atoms with E-state index in [-0.39, 0.29) is 11.9 Å². The van der Waals surface area contributed by atoms with Crippen LogP contribution in [0, 0.1) is 0 Å². The van der Waals surface area contributed by atoms with Crippen LogP contribution in [0.5, 0.6) is 0 Å². The van der Waals surface area contributed by atoms with Gasteiger partial charge in [-0.15, -0.1) is 0 Å². The second kappa shape index (κ2) is 7.19. The predicted molar refractivity (Wildman–Crippen MR) is 87.7 cm³/mol. The van der Waals surface area contributed by atoms with Crippen molar-refractivity contribution in [3.8, 4) is 0 Å². The number of nitrogens with one attached hydrogen (secondary N) is 1. The zero-order chi connectivity index (χ0) is 16.1. The Morgan fingerprint density at radius 1 is 1.30 bits per heavy atom. The molecule has 1 aromatic carbocycles. The van der Waals surface area contributed by atoms with Crippen molar-refractivity contribution in [2.45, 2.75) is 18.9 Å². The zero-order valence-corrected chi connectivity index (χ0v) is 13.1. The summed E-state index contributed by atoms with van der Waals surface area (Å²) in [5.74, 6) is 0.443. The molecule has 2 aromatic rings. The molecule has 6 heteroatoms. The van der Waals surface area contributed by atoms with Gasteiger partial charge in [0.1, 0.15) is 0 Å². The highest BCUT2D eigenvalue weighted by Gasteiger charge is 2.29. The number of aromatic nitrogens is 2. The second-order valence-corrected chi connectivity index (χ2v) is 5.54. The summed E-state index contributed by atoms with van der Waals surface area (Å²) >= 11 is 0. The first kappa shape index (κ1) is 15.4. The van der Waals surface area contributed by atoms with Crippen molar-refractivity contribution in [1.29, 1.82) is 0 Å². The summed E-state index contributed by atoms with van der Waals surface area (Å²) < 4.78 is 5.19. The molecule has 0 radical (unpaired) electrons. The van der Waals surface area contributed by atoms with Crippen molar-refractivity contribution in [2.24, 2.45) is 0 Å². The number of amides is 1. The summed E-state index contributed by atoms with van der Waals surface area (Å²) in [5, 5.41) is 3.10. The number of anilines is 2. The second-order valence-electron chi connectivity index (χ2n) is 5.54. The van der Waals surface area contributed by atoms with Crippen molar-refractivity contribution in [1.82, 2.24) is 14.9 Å². The number of carbonyl (C=O) groups excluding carboxylic acids is 1. The molecule has 1 amide bonds. The van der Waals surface area contributed by atoms with E-state index in [2.05, 4.69) is 15.3 Å². The van der Waals surface area contributed by atoms with E-state index in [1.165, 1.54) is 0 Å². The summed E-state index contributed by atoms with van der Waals surface area (Å²) in [7, 11) is 1.66. The first-order valence-corrected chi connectivity index (χ1v) is 7.72. The van der Waals surface area contributed by atoms with Crippen LogP contribution in [0.4, 0.5) is 11.6 Å². The smallest absolute Gasteiger partial charge is 0.257 e. The fourth-order valence-corrected chi connectivity index (χ4v) is 2.79. The zero-order valence-electron chi connectivity index (χ0n) is 13.1. The predicted octanol–water partition coefficient (Wildman–Crippen LogP) is 2.47. The minimum Gasteiger partial charge on any atom is -0.383 e. The summed E-state index contributed by atoms with van der Waals surface area (Å²) in [5.41, 5.74) is 1.41. The molecular weight excluding hydrogens is 292 g/mol. The van der Waals surface area contributed by atoms with Crippen molar-refractivity contribution in [3.63, 3.8) is 0 Å². The van der Waals surface area contributed by atoms with Gasteiger partial charge in [-0.25, -0.2) is 9.97 Å². The van der Waals surface area contributed by atoms with Crippen LogP contribution in [0.15, 0.2) is 42.7 Å². The number of likely N-dealkylation sites (tertiary alicyclic amines) is 1. The van der Waals surface area contributed by atoms with E-state index in [9.17, 15) is 4.79 Å². The first-order chi connectivity index (χ1) is 11.3. The molecule has 0 bridgehead atoms.